The molecule has 1 rings (SSSR count). The van der Waals surface area contributed by atoms with Gasteiger partial charge in [0.15, 0.2) is 6.23 Å². The van der Waals surface area contributed by atoms with Gasteiger partial charge < -0.3 is 5.32 Å². The van der Waals surface area contributed by atoms with Gasteiger partial charge >= 0.3 is 0 Å². The van der Waals surface area contributed by atoms with Crippen LogP contribution in [0.5, 0.6) is 0 Å². The quantitative estimate of drug-likeness (QED) is 0.550. The molecule has 0 aliphatic carbocycles. The molecular weight excluding hydrogens is 196 g/mol. The van der Waals surface area contributed by atoms with Crippen molar-refractivity contribution in [1.82, 2.24) is 10.2 Å². The molecule has 1 fully saturated rings. The van der Waals surface area contributed by atoms with Crippen LogP contribution in [-0.2, 0) is 19.1 Å². The molecule has 6 nitrogen and oxygen atoms in total. The Bertz CT molecular complexity index is 300. The fourth-order valence-corrected chi connectivity index (χ4v) is 1.66. The van der Waals surface area contributed by atoms with Gasteiger partial charge in [-0.05, 0) is 7.05 Å². The average Bonchev–Trinajstić information content (AvgIpc) is 1.78. The summed E-state index contributed by atoms with van der Waals surface area (Å²) in [5, 5.41) is 2.42. The van der Waals surface area contributed by atoms with Crippen LogP contribution in [0, 0.1) is 0 Å². The molecule has 0 aromatic heterocycles. The first kappa shape index (κ1) is 10.4. The SMILES string of the molecule is CN1CC(=O)N[C@H](OS(C)(=O)=O)C1. The van der Waals surface area contributed by atoms with Gasteiger partial charge in [-0.2, -0.15) is 8.42 Å². The first-order chi connectivity index (χ1) is 5.87. The van der Waals surface area contributed by atoms with Crippen LogP contribution in [-0.4, -0.2) is 51.8 Å². The maximum Gasteiger partial charge on any atom is 0.266 e. The molecule has 0 saturated carbocycles. The number of carbonyl (C=O) groups is 1. The molecule has 76 valence electrons. The number of nitrogens with one attached hydrogen (secondary N) is 1. The molecule has 0 aromatic rings. The third kappa shape index (κ3) is 3.71. The van der Waals surface area contributed by atoms with Crippen LogP contribution in [0.1, 0.15) is 0 Å². The third-order valence-electron chi connectivity index (χ3n) is 1.50. The van der Waals surface area contributed by atoms with Gasteiger partial charge in [-0.3, -0.25) is 9.69 Å². The Kier molecular flexibility index (Phi) is 2.89. The molecular formula is C6H12N2O4S. The van der Waals surface area contributed by atoms with Crippen LogP contribution in [0.15, 0.2) is 0 Å². The smallest absolute Gasteiger partial charge is 0.266 e. The molecule has 1 aliphatic rings. The fourth-order valence-electron chi connectivity index (χ4n) is 1.13. The summed E-state index contributed by atoms with van der Waals surface area (Å²) in [6, 6.07) is 0. The zero-order valence-corrected chi connectivity index (χ0v) is 8.30. The number of carbonyl (C=O) groups excluding carboxylic acids is 1. The predicted molar refractivity (Wildman–Crippen MR) is 45.4 cm³/mol. The molecule has 13 heavy (non-hydrogen) atoms. The summed E-state index contributed by atoms with van der Waals surface area (Å²) in [7, 11) is -1.79. The van der Waals surface area contributed by atoms with E-state index in [1.54, 1.807) is 11.9 Å². The monoisotopic (exact) mass is 208 g/mol. The van der Waals surface area contributed by atoms with Crippen LogP contribution in [0.25, 0.3) is 0 Å². The number of hydrogen-bond acceptors (Lipinski definition) is 5. The number of hydrogen-bond donors (Lipinski definition) is 1. The average molecular weight is 208 g/mol. The third-order valence-corrected chi connectivity index (χ3v) is 2.09. The van der Waals surface area contributed by atoms with E-state index in [0.29, 0.717) is 6.54 Å². The Balaban J connectivity index is 2.56. The van der Waals surface area contributed by atoms with E-state index < -0.39 is 16.3 Å². The Labute approximate surface area is 77.0 Å². The Hall–Kier alpha value is -0.660. The van der Waals surface area contributed by atoms with E-state index in [9.17, 15) is 13.2 Å². The van der Waals surface area contributed by atoms with Gasteiger partial charge in [-0.25, -0.2) is 4.18 Å². The summed E-state index contributed by atoms with van der Waals surface area (Å²) < 4.78 is 26.1. The first-order valence-corrected chi connectivity index (χ1v) is 5.54. The fraction of sp³-hybridized carbons (Fsp3) is 0.833. The summed E-state index contributed by atoms with van der Waals surface area (Å²) in [6.07, 6.45) is 0.189. The maximum atomic E-state index is 10.9. The number of rotatable bonds is 2. The van der Waals surface area contributed by atoms with Crippen molar-refractivity contribution in [3.8, 4) is 0 Å². The van der Waals surface area contributed by atoms with Crippen molar-refractivity contribution in [2.24, 2.45) is 0 Å². The van der Waals surface area contributed by atoms with Crippen molar-refractivity contribution < 1.29 is 17.4 Å². The first-order valence-electron chi connectivity index (χ1n) is 3.73. The van der Waals surface area contributed by atoms with Crippen molar-refractivity contribution in [2.75, 3.05) is 26.4 Å². The minimum absolute atomic E-state index is 0.234. The molecule has 1 heterocycles. The largest absolute Gasteiger partial charge is 0.327 e. The highest BCUT2D eigenvalue weighted by atomic mass is 32.2. The van der Waals surface area contributed by atoms with Gasteiger partial charge in [0.2, 0.25) is 5.91 Å². The van der Waals surface area contributed by atoms with Crippen molar-refractivity contribution in [3.63, 3.8) is 0 Å². The molecule has 1 N–H and O–H groups in total. The molecule has 1 atom stereocenters. The molecule has 1 saturated heterocycles. The standard InChI is InChI=1S/C6H12N2O4S/c1-8-3-5(9)7-6(4-8)12-13(2,10)11/h6H,3-4H2,1-2H3,(H,7,9)/t6-/m1/s1. The number of likely N-dealkylation sites (N-methyl/N-ethyl adjacent to an activating group) is 1. The second-order valence-electron chi connectivity index (χ2n) is 3.05. The zero-order chi connectivity index (χ0) is 10.1. The lowest BCUT2D eigenvalue weighted by Gasteiger charge is -2.28. The lowest BCUT2D eigenvalue weighted by molar-refractivity contribution is -0.128. The highest BCUT2D eigenvalue weighted by molar-refractivity contribution is 7.86. The van der Waals surface area contributed by atoms with Crippen molar-refractivity contribution in [2.45, 2.75) is 6.23 Å². The Morgan fingerprint density at radius 2 is 2.23 bits per heavy atom. The number of amides is 1. The zero-order valence-electron chi connectivity index (χ0n) is 7.48. The van der Waals surface area contributed by atoms with Gasteiger partial charge in [-0.1, -0.05) is 0 Å². The van der Waals surface area contributed by atoms with E-state index in [0.717, 1.165) is 6.26 Å². The van der Waals surface area contributed by atoms with Gasteiger partial charge in [0.1, 0.15) is 0 Å². The number of nitrogens with zero attached hydrogens (tertiary/aromatic N) is 1. The topological polar surface area (TPSA) is 75.7 Å². The van der Waals surface area contributed by atoms with E-state index in [-0.39, 0.29) is 12.5 Å². The van der Waals surface area contributed by atoms with Crippen LogP contribution in [0.2, 0.25) is 0 Å². The highest BCUT2D eigenvalue weighted by Gasteiger charge is 2.25. The minimum Gasteiger partial charge on any atom is -0.327 e. The van der Waals surface area contributed by atoms with Gasteiger partial charge in [-0.15, -0.1) is 0 Å². The summed E-state index contributed by atoms with van der Waals surface area (Å²) >= 11 is 0. The second-order valence-corrected chi connectivity index (χ2v) is 4.65. The van der Waals surface area contributed by atoms with Crippen LogP contribution >= 0.6 is 0 Å². The minimum atomic E-state index is -3.51. The Morgan fingerprint density at radius 3 is 2.69 bits per heavy atom. The van der Waals surface area contributed by atoms with Crippen LogP contribution in [0.4, 0.5) is 0 Å². The normalized spacial score (nSPS) is 25.7. The molecule has 0 radical (unpaired) electrons. The molecule has 0 aromatic carbocycles. The summed E-state index contributed by atoms with van der Waals surface area (Å²) in [4.78, 5) is 12.6. The maximum absolute atomic E-state index is 10.9. The van der Waals surface area contributed by atoms with Gasteiger partial charge in [0, 0.05) is 6.54 Å². The van der Waals surface area contributed by atoms with Crippen LogP contribution in [0.3, 0.4) is 0 Å². The second kappa shape index (κ2) is 3.60. The van der Waals surface area contributed by atoms with Crippen molar-refractivity contribution in [3.05, 3.63) is 0 Å². The van der Waals surface area contributed by atoms with E-state index >= 15 is 0 Å². The molecule has 0 bridgehead atoms. The summed E-state index contributed by atoms with van der Waals surface area (Å²) in [5.41, 5.74) is 0. The Morgan fingerprint density at radius 1 is 1.62 bits per heavy atom. The molecule has 1 amide bonds. The van der Waals surface area contributed by atoms with E-state index in [4.69, 9.17) is 0 Å². The summed E-state index contributed by atoms with van der Waals surface area (Å²) in [5.74, 6) is -0.234. The van der Waals surface area contributed by atoms with E-state index in [2.05, 4.69) is 9.50 Å². The van der Waals surface area contributed by atoms with E-state index in [1.165, 1.54) is 0 Å². The molecule has 0 unspecified atom stereocenters. The van der Waals surface area contributed by atoms with Crippen LogP contribution < -0.4 is 5.32 Å². The van der Waals surface area contributed by atoms with Gasteiger partial charge in [0.05, 0.1) is 12.8 Å². The summed E-state index contributed by atoms with van der Waals surface area (Å²) in [6.45, 7) is 0.641. The predicted octanol–water partition coefficient (Wildman–Crippen LogP) is -1.65. The lowest BCUT2D eigenvalue weighted by atomic mass is 10.3. The molecule has 7 heteroatoms. The van der Waals surface area contributed by atoms with Gasteiger partial charge in [0.25, 0.3) is 10.1 Å². The van der Waals surface area contributed by atoms with Crippen molar-refractivity contribution in [1.29, 1.82) is 0 Å². The molecule has 1 aliphatic heterocycles. The number of piperazine rings is 1. The highest BCUT2D eigenvalue weighted by Crippen LogP contribution is 2.01. The molecule has 0 spiro atoms. The van der Waals surface area contributed by atoms with Crippen molar-refractivity contribution >= 4 is 16.0 Å². The van der Waals surface area contributed by atoms with E-state index in [1.807, 2.05) is 0 Å². The lowest BCUT2D eigenvalue weighted by Crippen LogP contribution is -2.54.